The molecule has 1 aromatic heterocycles. The molecule has 0 bridgehead atoms. The van der Waals surface area contributed by atoms with E-state index >= 15 is 0 Å². The second-order valence-corrected chi connectivity index (χ2v) is 10.3. The van der Waals surface area contributed by atoms with Gasteiger partial charge >= 0.3 is 0 Å². The van der Waals surface area contributed by atoms with Crippen molar-refractivity contribution in [2.45, 2.75) is 5.16 Å². The lowest BCUT2D eigenvalue weighted by Gasteiger charge is -2.19. The first-order chi connectivity index (χ1) is 21.9. The van der Waals surface area contributed by atoms with Gasteiger partial charge in [0.15, 0.2) is 34.5 Å². The van der Waals surface area contributed by atoms with Gasteiger partial charge in [-0.1, -0.05) is 11.8 Å². The molecule has 0 aliphatic carbocycles. The zero-order chi connectivity index (χ0) is 31.9. The molecule has 0 saturated carbocycles. The van der Waals surface area contributed by atoms with Crippen LogP contribution in [0.25, 0.3) is 22.5 Å². The van der Waals surface area contributed by atoms with Crippen molar-refractivity contribution in [1.29, 1.82) is 0 Å². The van der Waals surface area contributed by atoms with Crippen molar-refractivity contribution in [1.82, 2.24) is 15.2 Å². The number of carbonyl (C=O) groups is 1. The number of anilines is 1. The van der Waals surface area contributed by atoms with Crippen molar-refractivity contribution in [3.63, 3.8) is 0 Å². The summed E-state index contributed by atoms with van der Waals surface area (Å²) < 4.78 is 44.5. The monoisotopic (exact) mass is 636 g/mol. The topological polar surface area (TPSA) is 142 Å². The van der Waals surface area contributed by atoms with Crippen molar-refractivity contribution >= 4 is 23.4 Å². The van der Waals surface area contributed by atoms with Crippen LogP contribution >= 0.6 is 11.8 Å². The first kappa shape index (κ1) is 31.3. The van der Waals surface area contributed by atoms with E-state index in [2.05, 4.69) is 15.5 Å². The number of amides is 1. The molecule has 1 amide bonds. The number of aromatic nitrogens is 3. The molecule has 0 atom stereocenters. The van der Waals surface area contributed by atoms with E-state index in [0.717, 1.165) is 11.8 Å². The number of fused-ring (bicyclic) bond motifs is 1. The molecule has 2 heterocycles. The first-order valence-corrected chi connectivity index (χ1v) is 14.6. The maximum absolute atomic E-state index is 12.9. The summed E-state index contributed by atoms with van der Waals surface area (Å²) in [5.41, 5.74) is 2.63. The van der Waals surface area contributed by atoms with E-state index in [1.807, 2.05) is 0 Å². The molecule has 45 heavy (non-hydrogen) atoms. The van der Waals surface area contributed by atoms with Gasteiger partial charge in [-0.2, -0.15) is 0 Å². The molecular formula is C31H32N4O9S. The fourth-order valence-corrected chi connectivity index (χ4v) is 5.24. The van der Waals surface area contributed by atoms with Gasteiger partial charge in [-0.15, -0.1) is 10.2 Å². The molecule has 14 heteroatoms. The van der Waals surface area contributed by atoms with Crippen molar-refractivity contribution in [2.75, 3.05) is 66.9 Å². The Kier molecular flexibility index (Phi) is 9.82. The van der Waals surface area contributed by atoms with Gasteiger partial charge in [0.1, 0.15) is 24.6 Å². The van der Waals surface area contributed by atoms with E-state index in [1.54, 1.807) is 42.5 Å². The van der Waals surface area contributed by atoms with E-state index < -0.39 is 0 Å². The lowest BCUT2D eigenvalue weighted by molar-refractivity contribution is -0.113. The second-order valence-electron chi connectivity index (χ2n) is 9.31. The standard InChI is InChI=1S/C31H32N4O9S/c1-37-22-11-17(12-23(38-2)29(22)41-5)27-28(18-13-24(39-3)30(42-6)25(14-18)40-4)34-35-31(33-27)45-16-26(36)32-19-7-8-20-21(15-19)44-10-9-43-20/h7-8,11-15H,9-10,16H2,1-6H3,(H,32,36). The maximum Gasteiger partial charge on any atom is 0.234 e. The molecule has 0 saturated heterocycles. The average molecular weight is 637 g/mol. The van der Waals surface area contributed by atoms with Crippen LogP contribution in [0.1, 0.15) is 0 Å². The molecule has 5 rings (SSSR count). The maximum atomic E-state index is 12.9. The lowest BCUT2D eigenvalue weighted by Crippen LogP contribution is -2.17. The number of hydrogen-bond acceptors (Lipinski definition) is 13. The van der Waals surface area contributed by atoms with E-state index in [9.17, 15) is 4.79 Å². The normalized spacial score (nSPS) is 11.8. The summed E-state index contributed by atoms with van der Waals surface area (Å²) in [6.07, 6.45) is 0. The Hall–Kier alpha value is -5.11. The zero-order valence-electron chi connectivity index (χ0n) is 25.6. The molecular weight excluding hydrogens is 604 g/mol. The van der Waals surface area contributed by atoms with Crippen molar-refractivity contribution in [3.05, 3.63) is 42.5 Å². The summed E-state index contributed by atoms with van der Waals surface area (Å²) in [6.45, 7) is 0.935. The quantitative estimate of drug-likeness (QED) is 0.214. The molecule has 1 aliphatic heterocycles. The highest BCUT2D eigenvalue weighted by Crippen LogP contribution is 2.45. The number of ether oxygens (including phenoxy) is 8. The van der Waals surface area contributed by atoms with Crippen LogP contribution in [0.2, 0.25) is 0 Å². The third-order valence-corrected chi connectivity index (χ3v) is 7.54. The molecule has 13 nitrogen and oxygen atoms in total. The second kappa shape index (κ2) is 14.1. The Morgan fingerprint density at radius 2 is 1.24 bits per heavy atom. The van der Waals surface area contributed by atoms with Crippen LogP contribution in [-0.2, 0) is 4.79 Å². The van der Waals surface area contributed by atoms with Crippen molar-refractivity contribution in [2.24, 2.45) is 0 Å². The average Bonchev–Trinajstić information content (AvgIpc) is 3.09. The summed E-state index contributed by atoms with van der Waals surface area (Å²) in [5, 5.41) is 12.0. The van der Waals surface area contributed by atoms with Gasteiger partial charge in [0, 0.05) is 22.9 Å². The Morgan fingerprint density at radius 1 is 0.711 bits per heavy atom. The van der Waals surface area contributed by atoms with Crippen LogP contribution in [0, 0.1) is 0 Å². The van der Waals surface area contributed by atoms with Gasteiger partial charge in [-0.3, -0.25) is 4.79 Å². The molecule has 0 unspecified atom stereocenters. The third-order valence-electron chi connectivity index (χ3n) is 6.70. The van der Waals surface area contributed by atoms with Crippen molar-refractivity contribution in [3.8, 4) is 68.5 Å². The van der Waals surface area contributed by atoms with Gasteiger partial charge in [-0.05, 0) is 36.4 Å². The fourth-order valence-electron chi connectivity index (χ4n) is 4.65. The molecule has 4 aromatic rings. The van der Waals surface area contributed by atoms with Gasteiger partial charge < -0.3 is 43.2 Å². The third kappa shape index (κ3) is 6.70. The van der Waals surface area contributed by atoms with E-state index in [4.69, 9.17) is 42.9 Å². The van der Waals surface area contributed by atoms with Crippen LogP contribution in [0.5, 0.6) is 46.0 Å². The summed E-state index contributed by atoms with van der Waals surface area (Å²) in [5.74, 6) is 3.54. The smallest absolute Gasteiger partial charge is 0.234 e. The Labute approximate surface area is 264 Å². The minimum atomic E-state index is -0.261. The van der Waals surface area contributed by atoms with Gasteiger partial charge in [-0.25, -0.2) is 4.98 Å². The largest absolute Gasteiger partial charge is 0.493 e. The minimum absolute atomic E-state index is 0.0222. The fraction of sp³-hybridized carbons (Fsp3) is 0.290. The number of rotatable bonds is 12. The van der Waals surface area contributed by atoms with Gasteiger partial charge in [0.05, 0.1) is 48.4 Å². The van der Waals surface area contributed by atoms with Gasteiger partial charge in [0.2, 0.25) is 22.6 Å². The van der Waals surface area contributed by atoms with Crippen LogP contribution in [0.4, 0.5) is 5.69 Å². The van der Waals surface area contributed by atoms with Crippen LogP contribution in [0.3, 0.4) is 0 Å². The number of thioether (sulfide) groups is 1. The number of nitrogens with one attached hydrogen (secondary N) is 1. The van der Waals surface area contributed by atoms with E-state index in [1.165, 1.54) is 42.7 Å². The number of benzene rings is 3. The van der Waals surface area contributed by atoms with Crippen LogP contribution in [0.15, 0.2) is 47.6 Å². The number of carbonyl (C=O) groups excluding carboxylic acids is 1. The van der Waals surface area contributed by atoms with E-state index in [-0.39, 0.29) is 16.8 Å². The highest BCUT2D eigenvalue weighted by Gasteiger charge is 2.23. The Bertz CT molecular complexity index is 1650. The lowest BCUT2D eigenvalue weighted by atomic mass is 10.0. The summed E-state index contributed by atoms with van der Waals surface area (Å²) >= 11 is 1.13. The van der Waals surface area contributed by atoms with E-state index in [0.29, 0.717) is 87.4 Å². The highest BCUT2D eigenvalue weighted by molar-refractivity contribution is 7.99. The van der Waals surface area contributed by atoms with Crippen molar-refractivity contribution < 1.29 is 42.7 Å². The molecule has 0 spiro atoms. The first-order valence-electron chi connectivity index (χ1n) is 13.6. The molecule has 0 radical (unpaired) electrons. The predicted molar refractivity (Wildman–Crippen MR) is 167 cm³/mol. The number of nitrogens with zero attached hydrogens (tertiary/aromatic N) is 3. The Morgan fingerprint density at radius 3 is 1.78 bits per heavy atom. The highest BCUT2D eigenvalue weighted by atomic mass is 32.2. The molecule has 1 N–H and O–H groups in total. The number of hydrogen-bond donors (Lipinski definition) is 1. The zero-order valence-corrected chi connectivity index (χ0v) is 26.4. The summed E-state index contributed by atoms with van der Waals surface area (Å²) in [7, 11) is 9.17. The summed E-state index contributed by atoms with van der Waals surface area (Å²) in [4.78, 5) is 17.7. The molecule has 0 fully saturated rings. The van der Waals surface area contributed by atoms with Crippen LogP contribution < -0.4 is 43.2 Å². The Balaban J connectivity index is 1.51. The molecule has 1 aliphatic rings. The minimum Gasteiger partial charge on any atom is -0.493 e. The van der Waals surface area contributed by atoms with Gasteiger partial charge in [0.25, 0.3) is 0 Å². The van der Waals surface area contributed by atoms with Crippen LogP contribution in [-0.4, -0.2) is 82.7 Å². The summed E-state index contributed by atoms with van der Waals surface area (Å²) in [6, 6.07) is 12.3. The molecule has 3 aromatic carbocycles. The number of methoxy groups -OCH3 is 6. The predicted octanol–water partition coefficient (Wildman–Crippen LogP) is 4.76. The SMILES string of the molecule is COc1cc(-c2nnc(SCC(=O)Nc3ccc4c(c3)OCCO4)nc2-c2cc(OC)c(OC)c(OC)c2)cc(OC)c1OC. The molecule has 236 valence electrons.